The lowest BCUT2D eigenvalue weighted by molar-refractivity contribution is -0.384. The Hall–Kier alpha value is -3.00. The molecule has 0 saturated carbocycles. The van der Waals surface area contributed by atoms with Crippen LogP contribution in [0.15, 0.2) is 42.5 Å². The number of aromatic nitrogens is 1. The lowest BCUT2D eigenvalue weighted by Gasteiger charge is -2.34. The number of hydrogen-bond donors (Lipinski definition) is 0. The van der Waals surface area contributed by atoms with Crippen molar-refractivity contribution < 1.29 is 9.72 Å². The molecule has 0 spiro atoms. The molecule has 4 rings (SSSR count). The molecule has 1 amide bonds. The fourth-order valence-corrected chi connectivity index (χ4v) is 4.31. The highest BCUT2D eigenvalue weighted by Gasteiger charge is 2.24. The second-order valence-corrected chi connectivity index (χ2v) is 7.56. The minimum Gasteiger partial charge on any atom is -0.345 e. The highest BCUT2D eigenvalue weighted by atomic mass is 32.1. The van der Waals surface area contributed by atoms with Crippen LogP contribution >= 0.6 is 11.3 Å². The molecular weight excluding hydrogens is 364 g/mol. The number of piperazine rings is 1. The Bertz CT molecular complexity index is 1020. The second kappa shape index (κ2) is 6.96. The monoisotopic (exact) mass is 382 g/mol. The molecule has 1 fully saturated rings. The summed E-state index contributed by atoms with van der Waals surface area (Å²) < 4.78 is 1.17. The van der Waals surface area contributed by atoms with E-state index in [-0.39, 0.29) is 11.6 Å². The van der Waals surface area contributed by atoms with Crippen LogP contribution in [0.3, 0.4) is 0 Å². The zero-order valence-electron chi connectivity index (χ0n) is 14.8. The number of nitro benzene ring substituents is 1. The van der Waals surface area contributed by atoms with E-state index in [1.54, 1.807) is 28.4 Å². The maximum atomic E-state index is 12.7. The normalized spacial score (nSPS) is 14.6. The van der Waals surface area contributed by atoms with Gasteiger partial charge < -0.3 is 9.80 Å². The van der Waals surface area contributed by atoms with Crippen molar-refractivity contribution in [1.29, 1.82) is 0 Å². The molecular formula is C19H18N4O3S. The van der Waals surface area contributed by atoms with Gasteiger partial charge in [0.1, 0.15) is 0 Å². The third-order valence-electron chi connectivity index (χ3n) is 4.67. The number of benzene rings is 2. The van der Waals surface area contributed by atoms with E-state index in [1.165, 1.54) is 22.4 Å². The Balaban J connectivity index is 1.45. The second-order valence-electron chi connectivity index (χ2n) is 6.55. The van der Waals surface area contributed by atoms with Gasteiger partial charge in [0.2, 0.25) is 0 Å². The van der Waals surface area contributed by atoms with Gasteiger partial charge in [0.05, 0.1) is 15.1 Å². The Morgan fingerprint density at radius 2 is 1.93 bits per heavy atom. The first-order valence-electron chi connectivity index (χ1n) is 8.67. The average molecular weight is 382 g/mol. The molecule has 2 heterocycles. The van der Waals surface area contributed by atoms with Crippen molar-refractivity contribution >= 4 is 38.3 Å². The molecule has 7 nitrogen and oxygen atoms in total. The molecule has 1 aliphatic heterocycles. The van der Waals surface area contributed by atoms with Crippen LogP contribution in [0.1, 0.15) is 15.9 Å². The summed E-state index contributed by atoms with van der Waals surface area (Å²) in [6.07, 6.45) is 0. The van der Waals surface area contributed by atoms with Crippen LogP contribution in [0.4, 0.5) is 10.8 Å². The first-order valence-corrected chi connectivity index (χ1v) is 9.49. The van der Waals surface area contributed by atoms with Crippen LogP contribution in [0, 0.1) is 17.0 Å². The van der Waals surface area contributed by atoms with E-state index < -0.39 is 4.92 Å². The summed E-state index contributed by atoms with van der Waals surface area (Å²) >= 11 is 1.67. The highest BCUT2D eigenvalue weighted by Crippen LogP contribution is 2.30. The Morgan fingerprint density at radius 1 is 1.15 bits per heavy atom. The summed E-state index contributed by atoms with van der Waals surface area (Å²) in [7, 11) is 0. The number of nitrogens with zero attached hydrogens (tertiary/aromatic N) is 4. The van der Waals surface area contributed by atoms with E-state index in [0.717, 1.165) is 10.6 Å². The predicted molar refractivity (Wildman–Crippen MR) is 106 cm³/mol. The van der Waals surface area contributed by atoms with Crippen LogP contribution in [-0.2, 0) is 0 Å². The van der Waals surface area contributed by atoms with Crippen LogP contribution in [0.25, 0.3) is 10.2 Å². The maximum absolute atomic E-state index is 12.7. The summed E-state index contributed by atoms with van der Waals surface area (Å²) in [5.41, 5.74) is 2.50. The van der Waals surface area contributed by atoms with Crippen LogP contribution in [0.2, 0.25) is 0 Å². The average Bonchev–Trinajstić information content (AvgIpc) is 3.10. The van der Waals surface area contributed by atoms with Crippen molar-refractivity contribution in [2.24, 2.45) is 0 Å². The lowest BCUT2D eigenvalue weighted by atomic mass is 10.1. The van der Waals surface area contributed by atoms with E-state index in [1.807, 2.05) is 6.07 Å². The summed E-state index contributed by atoms with van der Waals surface area (Å²) in [5, 5.41) is 11.9. The van der Waals surface area contributed by atoms with Crippen LogP contribution in [-0.4, -0.2) is 46.9 Å². The van der Waals surface area contributed by atoms with E-state index in [9.17, 15) is 14.9 Å². The molecule has 8 heteroatoms. The molecule has 3 aromatic rings. The maximum Gasteiger partial charge on any atom is 0.270 e. The molecule has 1 aromatic heterocycles. The number of rotatable bonds is 3. The van der Waals surface area contributed by atoms with Gasteiger partial charge in [-0.1, -0.05) is 23.5 Å². The first-order chi connectivity index (χ1) is 13.0. The molecule has 2 aromatic carbocycles. The number of carbonyl (C=O) groups excluding carboxylic acids is 1. The third kappa shape index (κ3) is 3.48. The smallest absolute Gasteiger partial charge is 0.270 e. The number of amides is 1. The molecule has 0 bridgehead atoms. The van der Waals surface area contributed by atoms with Gasteiger partial charge >= 0.3 is 0 Å². The minimum atomic E-state index is -0.483. The first kappa shape index (κ1) is 17.4. The van der Waals surface area contributed by atoms with Gasteiger partial charge in [-0.2, -0.15) is 0 Å². The number of thiazole rings is 1. The number of anilines is 1. The van der Waals surface area contributed by atoms with Crippen molar-refractivity contribution in [3.05, 3.63) is 63.7 Å². The molecule has 0 atom stereocenters. The van der Waals surface area contributed by atoms with E-state index in [4.69, 9.17) is 4.98 Å². The zero-order valence-corrected chi connectivity index (χ0v) is 15.6. The molecule has 0 aliphatic carbocycles. The van der Waals surface area contributed by atoms with Gasteiger partial charge in [-0.25, -0.2) is 4.98 Å². The predicted octanol–water partition coefficient (Wildman–Crippen LogP) is 3.48. The number of non-ortho nitro benzene ring substituents is 1. The summed E-state index contributed by atoms with van der Waals surface area (Å²) in [5.74, 6) is -0.168. The quantitative estimate of drug-likeness (QED) is 0.512. The summed E-state index contributed by atoms with van der Waals surface area (Å²) in [4.78, 5) is 31.7. The minimum absolute atomic E-state index is 0.0655. The number of fused-ring (bicyclic) bond motifs is 1. The molecule has 1 aliphatic rings. The van der Waals surface area contributed by atoms with Crippen molar-refractivity contribution in [3.8, 4) is 0 Å². The van der Waals surface area contributed by atoms with Gasteiger partial charge in [-0.15, -0.1) is 0 Å². The molecule has 27 heavy (non-hydrogen) atoms. The molecule has 0 radical (unpaired) electrons. The zero-order chi connectivity index (χ0) is 19.0. The fraction of sp³-hybridized carbons (Fsp3) is 0.263. The van der Waals surface area contributed by atoms with Gasteiger partial charge in [0.15, 0.2) is 5.13 Å². The van der Waals surface area contributed by atoms with Crippen molar-refractivity contribution in [1.82, 2.24) is 9.88 Å². The molecule has 1 saturated heterocycles. The van der Waals surface area contributed by atoms with Crippen molar-refractivity contribution in [3.63, 3.8) is 0 Å². The molecule has 138 valence electrons. The lowest BCUT2D eigenvalue weighted by Crippen LogP contribution is -2.48. The number of aryl methyl sites for hydroxylation is 1. The summed E-state index contributed by atoms with van der Waals surface area (Å²) in [6, 6.07) is 12.1. The number of hydrogen-bond acceptors (Lipinski definition) is 6. The summed E-state index contributed by atoms with van der Waals surface area (Å²) in [6.45, 7) is 4.59. The largest absolute Gasteiger partial charge is 0.345 e. The van der Waals surface area contributed by atoms with Gasteiger partial charge in [0.25, 0.3) is 11.6 Å². The topological polar surface area (TPSA) is 79.6 Å². The van der Waals surface area contributed by atoms with E-state index in [2.05, 4.69) is 24.0 Å². The standard InChI is InChI=1S/C19H18N4O3S/c1-13-5-6-16-17(11-13)27-19(20-16)22-9-7-21(8-10-22)18(24)14-3-2-4-15(12-14)23(25)26/h2-6,11-12H,7-10H2,1H3. The highest BCUT2D eigenvalue weighted by molar-refractivity contribution is 7.22. The van der Waals surface area contributed by atoms with E-state index in [0.29, 0.717) is 31.7 Å². The van der Waals surface area contributed by atoms with Crippen molar-refractivity contribution in [2.75, 3.05) is 31.1 Å². The third-order valence-corrected chi connectivity index (χ3v) is 5.75. The van der Waals surface area contributed by atoms with Crippen molar-refractivity contribution in [2.45, 2.75) is 6.92 Å². The Labute approximate surface area is 160 Å². The number of nitro groups is 1. The SMILES string of the molecule is Cc1ccc2nc(N3CCN(C(=O)c4cccc([N+](=O)[O-])c4)CC3)sc2c1. The van der Waals surface area contributed by atoms with E-state index >= 15 is 0 Å². The van der Waals surface area contributed by atoms with Gasteiger partial charge in [-0.3, -0.25) is 14.9 Å². The molecule has 0 N–H and O–H groups in total. The number of carbonyl (C=O) groups is 1. The molecule has 0 unspecified atom stereocenters. The van der Waals surface area contributed by atoms with Gasteiger partial charge in [0, 0.05) is 43.9 Å². The fourth-order valence-electron chi connectivity index (χ4n) is 3.19. The Kier molecular flexibility index (Phi) is 4.49. The van der Waals surface area contributed by atoms with Crippen LogP contribution in [0.5, 0.6) is 0 Å². The Morgan fingerprint density at radius 3 is 2.67 bits per heavy atom. The van der Waals surface area contributed by atoms with Gasteiger partial charge in [-0.05, 0) is 30.7 Å². The van der Waals surface area contributed by atoms with Crippen LogP contribution < -0.4 is 4.90 Å².